The Morgan fingerprint density at radius 3 is 2.54 bits per heavy atom. The third-order valence-corrected chi connectivity index (χ3v) is 2.00. The number of aryl methyl sites for hydroxylation is 2. The van der Waals surface area contributed by atoms with Gasteiger partial charge in [-0.3, -0.25) is 0 Å². The maximum atomic E-state index is 5.91. The molecule has 1 aromatic heterocycles. The molecule has 0 atom stereocenters. The fraction of sp³-hybridized carbons (Fsp3) is 0.667. The predicted molar refractivity (Wildman–Crippen MR) is 56.0 cm³/mol. The highest BCUT2D eigenvalue weighted by molar-refractivity contribution is 5.65. The summed E-state index contributed by atoms with van der Waals surface area (Å²) in [5.41, 5.74) is 7.61. The van der Waals surface area contributed by atoms with Crippen molar-refractivity contribution in [2.45, 2.75) is 26.8 Å². The van der Waals surface area contributed by atoms with E-state index in [0.717, 1.165) is 30.2 Å². The number of rotatable bonds is 3. The Kier molecular flexibility index (Phi) is 2.80. The molecule has 0 radical (unpaired) electrons. The largest absolute Gasteiger partial charge is 0.394 e. The van der Waals surface area contributed by atoms with Crippen LogP contribution in [-0.4, -0.2) is 23.9 Å². The van der Waals surface area contributed by atoms with Crippen LogP contribution in [-0.2, 0) is 6.54 Å². The molecule has 0 aliphatic heterocycles. The fourth-order valence-corrected chi connectivity index (χ4v) is 1.42. The Labute approximate surface area is 79.3 Å². The molecule has 0 saturated carbocycles. The third-order valence-electron chi connectivity index (χ3n) is 2.00. The van der Waals surface area contributed by atoms with Crippen LogP contribution in [0.1, 0.15) is 19.0 Å². The zero-order chi connectivity index (χ0) is 10.0. The van der Waals surface area contributed by atoms with Crippen LogP contribution < -0.4 is 10.6 Å². The molecule has 0 spiro atoms. The van der Waals surface area contributed by atoms with E-state index >= 15 is 0 Å². The van der Waals surface area contributed by atoms with Crippen molar-refractivity contribution in [1.29, 1.82) is 0 Å². The predicted octanol–water partition coefficient (Wildman–Crippen LogP) is 1.25. The zero-order valence-corrected chi connectivity index (χ0v) is 8.83. The number of nitrogens with zero attached hydrogens (tertiary/aromatic N) is 3. The molecular formula is C9H18N4. The van der Waals surface area contributed by atoms with Crippen LogP contribution in [0.3, 0.4) is 0 Å². The number of hydrogen-bond acceptors (Lipinski definition) is 3. The van der Waals surface area contributed by atoms with Crippen molar-refractivity contribution >= 4 is 11.5 Å². The lowest BCUT2D eigenvalue weighted by Gasteiger charge is -2.15. The second-order valence-electron chi connectivity index (χ2n) is 3.44. The fourth-order valence-electron chi connectivity index (χ4n) is 1.42. The number of hydrogen-bond donors (Lipinski definition) is 1. The van der Waals surface area contributed by atoms with Gasteiger partial charge in [0.15, 0.2) is 0 Å². The van der Waals surface area contributed by atoms with Crippen molar-refractivity contribution in [3.05, 3.63) is 5.69 Å². The summed E-state index contributed by atoms with van der Waals surface area (Å²) in [4.78, 5) is 2.00. The second-order valence-corrected chi connectivity index (χ2v) is 3.44. The molecule has 0 aliphatic carbocycles. The van der Waals surface area contributed by atoms with Crippen LogP contribution in [0.25, 0.3) is 0 Å². The lowest BCUT2D eigenvalue weighted by molar-refractivity contribution is 0.596. The number of anilines is 2. The first-order chi connectivity index (χ1) is 6.07. The van der Waals surface area contributed by atoms with Gasteiger partial charge in [-0.2, -0.15) is 5.10 Å². The first-order valence-corrected chi connectivity index (χ1v) is 4.58. The Morgan fingerprint density at radius 1 is 1.46 bits per heavy atom. The van der Waals surface area contributed by atoms with E-state index in [9.17, 15) is 0 Å². The maximum Gasteiger partial charge on any atom is 0.150 e. The molecule has 1 rings (SSSR count). The van der Waals surface area contributed by atoms with Crippen molar-refractivity contribution < 1.29 is 0 Å². The molecule has 0 saturated heterocycles. The van der Waals surface area contributed by atoms with Crippen molar-refractivity contribution in [3.63, 3.8) is 0 Å². The molecule has 1 heterocycles. The molecule has 4 heteroatoms. The van der Waals surface area contributed by atoms with Crippen molar-refractivity contribution in [2.24, 2.45) is 0 Å². The Balaban J connectivity index is 3.11. The number of nitrogens with two attached hydrogens (primary N) is 1. The van der Waals surface area contributed by atoms with Gasteiger partial charge in [-0.15, -0.1) is 0 Å². The van der Waals surface area contributed by atoms with Crippen molar-refractivity contribution in [2.75, 3.05) is 24.7 Å². The summed E-state index contributed by atoms with van der Waals surface area (Å²) in [6.07, 6.45) is 1.07. The second kappa shape index (κ2) is 3.68. The monoisotopic (exact) mass is 182 g/mol. The van der Waals surface area contributed by atoms with Gasteiger partial charge >= 0.3 is 0 Å². The highest BCUT2D eigenvalue weighted by atomic mass is 15.4. The van der Waals surface area contributed by atoms with Crippen LogP contribution in [0.4, 0.5) is 11.5 Å². The normalized spacial score (nSPS) is 10.5. The summed E-state index contributed by atoms with van der Waals surface area (Å²) in [7, 11) is 3.97. The van der Waals surface area contributed by atoms with Crippen LogP contribution in [0, 0.1) is 6.92 Å². The van der Waals surface area contributed by atoms with Crippen molar-refractivity contribution in [1.82, 2.24) is 9.78 Å². The van der Waals surface area contributed by atoms with Crippen LogP contribution in [0.15, 0.2) is 0 Å². The highest BCUT2D eigenvalue weighted by Gasteiger charge is 2.12. The molecule has 0 fully saturated rings. The smallest absolute Gasteiger partial charge is 0.150 e. The summed E-state index contributed by atoms with van der Waals surface area (Å²) in [5, 5.41) is 4.37. The van der Waals surface area contributed by atoms with E-state index in [1.165, 1.54) is 0 Å². The van der Waals surface area contributed by atoms with E-state index in [2.05, 4.69) is 12.0 Å². The summed E-state index contributed by atoms with van der Waals surface area (Å²) in [6, 6.07) is 0. The first kappa shape index (κ1) is 9.89. The van der Waals surface area contributed by atoms with E-state index in [4.69, 9.17) is 5.73 Å². The van der Waals surface area contributed by atoms with Crippen molar-refractivity contribution in [3.8, 4) is 0 Å². The van der Waals surface area contributed by atoms with Gasteiger partial charge in [0.05, 0.1) is 11.4 Å². The van der Waals surface area contributed by atoms with Gasteiger partial charge in [0.25, 0.3) is 0 Å². The van der Waals surface area contributed by atoms with E-state index < -0.39 is 0 Å². The average Bonchev–Trinajstić information content (AvgIpc) is 2.28. The molecule has 1 aromatic rings. The van der Waals surface area contributed by atoms with Crippen LogP contribution >= 0.6 is 0 Å². The quantitative estimate of drug-likeness (QED) is 0.765. The number of nitrogen functional groups attached to an aromatic ring is 1. The van der Waals surface area contributed by atoms with Gasteiger partial charge < -0.3 is 10.6 Å². The van der Waals surface area contributed by atoms with Crippen LogP contribution in [0.2, 0.25) is 0 Å². The molecule has 0 unspecified atom stereocenters. The van der Waals surface area contributed by atoms with Gasteiger partial charge in [-0.05, 0) is 13.3 Å². The van der Waals surface area contributed by atoms with E-state index in [0.29, 0.717) is 0 Å². The van der Waals surface area contributed by atoms with E-state index in [-0.39, 0.29) is 0 Å². The maximum absolute atomic E-state index is 5.91. The lowest BCUT2D eigenvalue weighted by atomic mass is 10.4. The van der Waals surface area contributed by atoms with Crippen LogP contribution in [0.5, 0.6) is 0 Å². The Hall–Kier alpha value is -1.19. The number of aromatic nitrogens is 2. The molecule has 0 aliphatic rings. The Morgan fingerprint density at radius 2 is 2.08 bits per heavy atom. The van der Waals surface area contributed by atoms with Gasteiger partial charge in [0.1, 0.15) is 5.82 Å². The zero-order valence-electron chi connectivity index (χ0n) is 8.83. The average molecular weight is 182 g/mol. The molecule has 0 bridgehead atoms. The van der Waals surface area contributed by atoms with Gasteiger partial charge in [0, 0.05) is 20.6 Å². The molecule has 0 amide bonds. The van der Waals surface area contributed by atoms with Gasteiger partial charge in [-0.1, -0.05) is 6.92 Å². The minimum Gasteiger partial charge on any atom is -0.394 e. The molecule has 2 N–H and O–H groups in total. The molecule has 74 valence electrons. The van der Waals surface area contributed by atoms with E-state index in [1.54, 1.807) is 0 Å². The Bertz CT molecular complexity index is 288. The molecular weight excluding hydrogens is 164 g/mol. The standard InChI is InChI=1S/C9H18N4/c1-5-6-13-9(12(3)4)8(10)7(2)11-13/h5-6,10H2,1-4H3. The minimum atomic E-state index is 0.790. The minimum absolute atomic E-state index is 0.790. The lowest BCUT2D eigenvalue weighted by Crippen LogP contribution is -2.16. The molecule has 13 heavy (non-hydrogen) atoms. The summed E-state index contributed by atoms with van der Waals surface area (Å²) in [6.45, 7) is 4.99. The third kappa shape index (κ3) is 1.76. The molecule has 0 aromatic carbocycles. The molecule has 4 nitrogen and oxygen atoms in total. The highest BCUT2D eigenvalue weighted by Crippen LogP contribution is 2.24. The van der Waals surface area contributed by atoms with Gasteiger partial charge in [0.2, 0.25) is 0 Å². The summed E-state index contributed by atoms with van der Waals surface area (Å²) in [5.74, 6) is 1.01. The topological polar surface area (TPSA) is 47.1 Å². The SMILES string of the molecule is CCCn1nc(C)c(N)c1N(C)C. The summed E-state index contributed by atoms with van der Waals surface area (Å²) >= 11 is 0. The van der Waals surface area contributed by atoms with E-state index in [1.807, 2.05) is 30.6 Å². The first-order valence-electron chi connectivity index (χ1n) is 4.58. The summed E-state index contributed by atoms with van der Waals surface area (Å²) < 4.78 is 1.96. The van der Waals surface area contributed by atoms with Gasteiger partial charge in [-0.25, -0.2) is 4.68 Å².